The van der Waals surface area contributed by atoms with Gasteiger partial charge in [-0.15, -0.1) is 0 Å². The zero-order valence-electron chi connectivity index (χ0n) is 15.0. The fourth-order valence-corrected chi connectivity index (χ4v) is 4.58. The molecular formula is C18H34O2Sn. The van der Waals surface area contributed by atoms with Crippen LogP contribution in [0.5, 0.6) is 0 Å². The molecule has 0 aromatic carbocycles. The molecule has 0 spiro atoms. The summed E-state index contributed by atoms with van der Waals surface area (Å²) in [4.78, 5) is 7.33. The summed E-state index contributed by atoms with van der Waals surface area (Å²) < 4.78 is 7.41. The third-order valence-electron chi connectivity index (χ3n) is 4.51. The van der Waals surface area contributed by atoms with Gasteiger partial charge < -0.3 is 0 Å². The van der Waals surface area contributed by atoms with Crippen molar-refractivity contribution in [2.24, 2.45) is 11.8 Å². The number of ether oxygens (including phenoxy) is 1. The van der Waals surface area contributed by atoms with E-state index in [0.29, 0.717) is 11.8 Å². The Hall–Kier alpha value is 0.0387. The number of allylic oxidation sites excluding steroid dienone is 3. The second-order valence-corrected chi connectivity index (χ2v) is 23.2. The van der Waals surface area contributed by atoms with Crippen LogP contribution in [0.15, 0.2) is 21.5 Å². The first-order valence-corrected chi connectivity index (χ1v) is 18.3. The first-order chi connectivity index (χ1) is 9.52. The molecule has 0 aliphatic heterocycles. The van der Waals surface area contributed by atoms with Gasteiger partial charge in [0.1, 0.15) is 0 Å². The molecule has 0 fully saturated rings. The first kappa shape index (κ1) is 19.1. The Morgan fingerprint density at radius 1 is 1.48 bits per heavy atom. The minimum atomic E-state index is -1.91. The fourth-order valence-electron chi connectivity index (χ4n) is 2.49. The van der Waals surface area contributed by atoms with E-state index in [9.17, 15) is 5.11 Å². The van der Waals surface area contributed by atoms with Crippen molar-refractivity contribution in [3.05, 3.63) is 21.5 Å². The Labute approximate surface area is 135 Å². The summed E-state index contributed by atoms with van der Waals surface area (Å²) in [5.74, 6) is 1.81. The molecule has 0 saturated heterocycles. The van der Waals surface area contributed by atoms with Crippen LogP contribution in [-0.4, -0.2) is 35.7 Å². The van der Waals surface area contributed by atoms with Crippen LogP contribution in [0, 0.1) is 11.8 Å². The molecule has 1 rings (SSSR count). The van der Waals surface area contributed by atoms with Crippen molar-refractivity contribution in [3.8, 4) is 0 Å². The van der Waals surface area contributed by atoms with Crippen molar-refractivity contribution in [2.45, 2.75) is 67.4 Å². The second kappa shape index (κ2) is 7.54. The van der Waals surface area contributed by atoms with E-state index in [-0.39, 0.29) is 0 Å². The standard InChI is InChI=1S/C15H25O2.3CH3.Sn/c1-5-6-7-13-8-9-14(10-15(13,4)16)17-11-12(2)3;;;;/h6,10,12-13,16H,7-9,11H2,1-4H3;3*1H3;. The third kappa shape index (κ3) is 6.35. The third-order valence-corrected chi connectivity index (χ3v) is 11.8. The van der Waals surface area contributed by atoms with E-state index >= 15 is 0 Å². The van der Waals surface area contributed by atoms with Crippen molar-refractivity contribution >= 4 is 18.4 Å². The Kier molecular flexibility index (Phi) is 6.85. The van der Waals surface area contributed by atoms with Crippen LogP contribution >= 0.6 is 0 Å². The molecule has 21 heavy (non-hydrogen) atoms. The molecule has 2 unspecified atom stereocenters. The average molecular weight is 401 g/mol. The van der Waals surface area contributed by atoms with E-state index in [4.69, 9.17) is 4.74 Å². The van der Waals surface area contributed by atoms with E-state index in [1.54, 1.807) is 3.59 Å². The van der Waals surface area contributed by atoms with Crippen LogP contribution in [0.1, 0.15) is 47.0 Å². The Morgan fingerprint density at radius 2 is 2.10 bits per heavy atom. The van der Waals surface area contributed by atoms with Gasteiger partial charge in [-0.05, 0) is 0 Å². The van der Waals surface area contributed by atoms with Crippen molar-refractivity contribution in [1.82, 2.24) is 0 Å². The number of aliphatic hydroxyl groups is 1. The molecule has 0 radical (unpaired) electrons. The number of rotatable bonds is 6. The minimum absolute atomic E-state index is 0.312. The van der Waals surface area contributed by atoms with Crippen LogP contribution in [0.2, 0.25) is 14.8 Å². The van der Waals surface area contributed by atoms with E-state index in [1.807, 2.05) is 13.0 Å². The van der Waals surface area contributed by atoms with Crippen molar-refractivity contribution in [3.63, 3.8) is 0 Å². The molecule has 3 heteroatoms. The predicted octanol–water partition coefficient (Wildman–Crippen LogP) is 4.92. The van der Waals surface area contributed by atoms with Gasteiger partial charge in [0.05, 0.1) is 0 Å². The van der Waals surface area contributed by atoms with Crippen LogP contribution in [0.4, 0.5) is 0 Å². The molecule has 1 aliphatic carbocycles. The van der Waals surface area contributed by atoms with Gasteiger partial charge in [0.2, 0.25) is 0 Å². The van der Waals surface area contributed by atoms with Gasteiger partial charge in [-0.1, -0.05) is 0 Å². The molecule has 122 valence electrons. The summed E-state index contributed by atoms with van der Waals surface area (Å²) in [6.45, 7) is 9.25. The molecule has 0 heterocycles. The van der Waals surface area contributed by atoms with Gasteiger partial charge in [0.25, 0.3) is 0 Å². The van der Waals surface area contributed by atoms with Gasteiger partial charge in [-0.25, -0.2) is 0 Å². The van der Waals surface area contributed by atoms with E-state index in [2.05, 4.69) is 41.7 Å². The summed E-state index contributed by atoms with van der Waals surface area (Å²) in [6.07, 6.45) is 7.30. The quantitative estimate of drug-likeness (QED) is 0.641. The van der Waals surface area contributed by atoms with Crippen LogP contribution in [0.25, 0.3) is 0 Å². The summed E-state index contributed by atoms with van der Waals surface area (Å²) >= 11 is -1.91. The summed E-state index contributed by atoms with van der Waals surface area (Å²) in [5.41, 5.74) is -0.741. The monoisotopic (exact) mass is 402 g/mol. The van der Waals surface area contributed by atoms with Crippen LogP contribution in [-0.2, 0) is 4.74 Å². The van der Waals surface area contributed by atoms with Gasteiger partial charge in [-0.2, -0.15) is 0 Å². The predicted molar refractivity (Wildman–Crippen MR) is 93.9 cm³/mol. The molecule has 1 aliphatic rings. The molecule has 1 N–H and O–H groups in total. The van der Waals surface area contributed by atoms with E-state index in [0.717, 1.165) is 31.6 Å². The molecular weight excluding hydrogens is 367 g/mol. The molecule has 0 saturated carbocycles. The zero-order valence-corrected chi connectivity index (χ0v) is 17.8. The molecule has 2 atom stereocenters. The number of hydrogen-bond acceptors (Lipinski definition) is 2. The fraction of sp³-hybridized carbons (Fsp3) is 0.778. The zero-order chi connectivity index (χ0) is 16.3. The van der Waals surface area contributed by atoms with E-state index < -0.39 is 24.0 Å². The molecule has 2 nitrogen and oxygen atoms in total. The van der Waals surface area contributed by atoms with Gasteiger partial charge >= 0.3 is 136 Å². The second-order valence-electron chi connectivity index (χ2n) is 8.15. The van der Waals surface area contributed by atoms with Gasteiger partial charge in [0, 0.05) is 0 Å². The average Bonchev–Trinajstić information content (AvgIpc) is 2.32. The van der Waals surface area contributed by atoms with Crippen LogP contribution < -0.4 is 0 Å². The summed E-state index contributed by atoms with van der Waals surface area (Å²) in [7, 11) is 0. The first-order valence-electron chi connectivity index (χ1n) is 8.26. The Balaban J connectivity index is 2.68. The summed E-state index contributed by atoms with van der Waals surface area (Å²) in [6, 6.07) is 0. The Bertz CT molecular complexity index is 400. The molecule has 0 aromatic rings. The normalized spacial score (nSPS) is 27.8. The maximum absolute atomic E-state index is 10.7. The summed E-state index contributed by atoms with van der Waals surface area (Å²) in [5, 5.41) is 10.7. The van der Waals surface area contributed by atoms with Gasteiger partial charge in [0.15, 0.2) is 0 Å². The van der Waals surface area contributed by atoms with E-state index in [1.165, 1.54) is 0 Å². The maximum atomic E-state index is 10.7. The van der Waals surface area contributed by atoms with Crippen LogP contribution in [0.3, 0.4) is 0 Å². The molecule has 0 amide bonds. The number of hydrogen-bond donors (Lipinski definition) is 1. The molecule has 0 aromatic heterocycles. The molecule has 0 bridgehead atoms. The van der Waals surface area contributed by atoms with Crippen molar-refractivity contribution in [2.75, 3.05) is 6.61 Å². The Morgan fingerprint density at radius 3 is 2.57 bits per heavy atom. The SMILES string of the molecule is C/[C](=C/CC1CCC(OCC(C)C)=CC1(C)O)[Sn]([CH3])([CH3])[CH3]. The van der Waals surface area contributed by atoms with Gasteiger partial charge in [-0.3, -0.25) is 0 Å². The topological polar surface area (TPSA) is 29.5 Å². The van der Waals surface area contributed by atoms with Crippen molar-refractivity contribution < 1.29 is 9.84 Å². The van der Waals surface area contributed by atoms with Crippen molar-refractivity contribution in [1.29, 1.82) is 0 Å².